The molecule has 0 unspecified atom stereocenters. The molecule has 0 atom stereocenters. The molecule has 0 aliphatic heterocycles. The number of carbonyl (C=O) groups excluding carboxylic acids is 1. The van der Waals surface area contributed by atoms with Gasteiger partial charge in [0.25, 0.3) is 0 Å². The molecule has 2 N–H and O–H groups in total. The molecule has 2 amide bonds. The van der Waals surface area contributed by atoms with Gasteiger partial charge in [0.15, 0.2) is 0 Å². The van der Waals surface area contributed by atoms with E-state index in [4.69, 9.17) is 5.11 Å². The molecule has 0 radical (unpaired) electrons. The molecular formula is C12H12F2N2O3. The van der Waals surface area contributed by atoms with Crippen LogP contribution in [0.5, 0.6) is 0 Å². The summed E-state index contributed by atoms with van der Waals surface area (Å²) in [5.41, 5.74) is -0.305. The molecule has 102 valence electrons. The third-order valence-corrected chi connectivity index (χ3v) is 2.72. The number of benzene rings is 1. The second-order valence-electron chi connectivity index (χ2n) is 4.31. The van der Waals surface area contributed by atoms with Gasteiger partial charge in [-0.1, -0.05) is 0 Å². The average molecular weight is 270 g/mol. The van der Waals surface area contributed by atoms with Crippen LogP contribution in [0.3, 0.4) is 0 Å². The molecule has 1 aromatic carbocycles. The van der Waals surface area contributed by atoms with Crippen LogP contribution in [0.1, 0.15) is 12.8 Å². The Labute approximate surface area is 107 Å². The summed E-state index contributed by atoms with van der Waals surface area (Å²) in [7, 11) is 0. The Hall–Kier alpha value is -2.18. The average Bonchev–Trinajstić information content (AvgIpc) is 3.14. The number of halogens is 2. The van der Waals surface area contributed by atoms with Gasteiger partial charge in [0.2, 0.25) is 0 Å². The number of carboxylic acid groups (broad SMARTS) is 1. The third-order valence-electron chi connectivity index (χ3n) is 2.72. The van der Waals surface area contributed by atoms with Gasteiger partial charge in [-0.3, -0.25) is 4.79 Å². The van der Waals surface area contributed by atoms with Crippen LogP contribution < -0.4 is 5.32 Å². The van der Waals surface area contributed by atoms with Crippen LogP contribution in [0.4, 0.5) is 19.3 Å². The Morgan fingerprint density at radius 3 is 2.63 bits per heavy atom. The molecule has 1 aromatic rings. The highest BCUT2D eigenvalue weighted by Crippen LogP contribution is 2.27. The van der Waals surface area contributed by atoms with E-state index in [0.29, 0.717) is 12.8 Å². The van der Waals surface area contributed by atoms with Crippen molar-refractivity contribution in [3.05, 3.63) is 29.8 Å². The lowest BCUT2D eigenvalue weighted by molar-refractivity contribution is -0.137. The quantitative estimate of drug-likeness (QED) is 0.879. The first-order chi connectivity index (χ1) is 8.97. The minimum atomic E-state index is -1.15. The molecule has 1 fully saturated rings. The number of urea groups is 1. The van der Waals surface area contributed by atoms with Gasteiger partial charge in [-0.25, -0.2) is 13.6 Å². The smallest absolute Gasteiger partial charge is 0.323 e. The number of carbonyl (C=O) groups is 2. The second kappa shape index (κ2) is 5.21. The van der Waals surface area contributed by atoms with Gasteiger partial charge in [-0.15, -0.1) is 0 Å². The number of anilines is 1. The number of carboxylic acids is 1. The zero-order valence-electron chi connectivity index (χ0n) is 9.90. The largest absolute Gasteiger partial charge is 0.480 e. The summed E-state index contributed by atoms with van der Waals surface area (Å²) in [5.74, 6) is -2.62. The van der Waals surface area contributed by atoms with Crippen molar-refractivity contribution in [1.29, 1.82) is 0 Å². The van der Waals surface area contributed by atoms with Gasteiger partial charge in [0, 0.05) is 12.1 Å². The predicted octanol–water partition coefficient (Wildman–Crippen LogP) is 2.05. The molecule has 0 aromatic heterocycles. The van der Waals surface area contributed by atoms with Crippen molar-refractivity contribution in [1.82, 2.24) is 4.90 Å². The fourth-order valence-corrected chi connectivity index (χ4v) is 1.68. The molecule has 1 aliphatic carbocycles. The summed E-state index contributed by atoms with van der Waals surface area (Å²) in [6, 6.07) is 1.78. The minimum Gasteiger partial charge on any atom is -0.480 e. The first-order valence-electron chi connectivity index (χ1n) is 5.72. The van der Waals surface area contributed by atoms with E-state index in [1.54, 1.807) is 0 Å². The van der Waals surface area contributed by atoms with E-state index in [0.717, 1.165) is 23.1 Å². The first kappa shape index (κ1) is 13.3. The molecule has 0 bridgehead atoms. The molecular weight excluding hydrogens is 258 g/mol. The maximum Gasteiger partial charge on any atom is 0.323 e. The zero-order valence-corrected chi connectivity index (χ0v) is 9.90. The summed E-state index contributed by atoms with van der Waals surface area (Å²) in [6.45, 7) is -0.465. The van der Waals surface area contributed by atoms with Crippen molar-refractivity contribution in [2.75, 3.05) is 11.9 Å². The maximum absolute atomic E-state index is 13.4. The van der Waals surface area contributed by atoms with Gasteiger partial charge in [0.1, 0.15) is 18.2 Å². The van der Waals surface area contributed by atoms with E-state index in [2.05, 4.69) is 5.32 Å². The monoisotopic (exact) mass is 270 g/mol. The van der Waals surface area contributed by atoms with E-state index in [9.17, 15) is 18.4 Å². The van der Waals surface area contributed by atoms with E-state index < -0.39 is 30.2 Å². The molecule has 2 rings (SSSR count). The summed E-state index contributed by atoms with van der Waals surface area (Å²) < 4.78 is 26.3. The van der Waals surface area contributed by atoms with E-state index in [1.165, 1.54) is 0 Å². The molecule has 7 heteroatoms. The lowest BCUT2D eigenvalue weighted by Crippen LogP contribution is -2.40. The van der Waals surface area contributed by atoms with Crippen molar-refractivity contribution in [2.45, 2.75) is 18.9 Å². The fourth-order valence-electron chi connectivity index (χ4n) is 1.68. The molecule has 0 spiro atoms. The standard InChI is InChI=1S/C12H12F2N2O3/c13-7-1-4-9(14)10(5-7)15-12(19)16(6-11(17)18)8-2-3-8/h1,4-5,8H,2-3,6H2,(H,15,19)(H,17,18). The Bertz CT molecular complexity index is 518. The zero-order chi connectivity index (χ0) is 14.0. The third kappa shape index (κ3) is 3.40. The van der Waals surface area contributed by atoms with Gasteiger partial charge < -0.3 is 15.3 Å². The molecule has 5 nitrogen and oxygen atoms in total. The highest BCUT2D eigenvalue weighted by molar-refractivity contribution is 5.91. The summed E-state index contributed by atoms with van der Waals surface area (Å²) in [6.07, 6.45) is 1.43. The van der Waals surface area contributed by atoms with Crippen molar-refractivity contribution in [3.8, 4) is 0 Å². The lowest BCUT2D eigenvalue weighted by Gasteiger charge is -2.20. The number of nitrogens with one attached hydrogen (secondary N) is 1. The second-order valence-corrected chi connectivity index (χ2v) is 4.31. The number of hydrogen-bond donors (Lipinski definition) is 2. The lowest BCUT2D eigenvalue weighted by atomic mass is 10.3. The summed E-state index contributed by atoms with van der Waals surface area (Å²) >= 11 is 0. The Morgan fingerprint density at radius 2 is 2.05 bits per heavy atom. The van der Waals surface area contributed by atoms with Crippen LogP contribution in [0.25, 0.3) is 0 Å². The normalized spacial score (nSPS) is 14.0. The van der Waals surface area contributed by atoms with Crippen LogP contribution in [0, 0.1) is 11.6 Å². The maximum atomic E-state index is 13.4. The predicted molar refractivity (Wildman–Crippen MR) is 62.7 cm³/mol. The van der Waals surface area contributed by atoms with Crippen LogP contribution >= 0.6 is 0 Å². The Morgan fingerprint density at radius 1 is 1.37 bits per heavy atom. The van der Waals surface area contributed by atoms with Crippen molar-refractivity contribution < 1.29 is 23.5 Å². The number of hydrogen-bond acceptors (Lipinski definition) is 2. The van der Waals surface area contributed by atoms with Gasteiger partial charge >= 0.3 is 12.0 Å². The van der Waals surface area contributed by atoms with E-state index in [1.807, 2.05) is 0 Å². The van der Waals surface area contributed by atoms with E-state index >= 15 is 0 Å². The molecule has 0 heterocycles. The van der Waals surface area contributed by atoms with Gasteiger partial charge in [0.05, 0.1) is 5.69 Å². The summed E-state index contributed by atoms with van der Waals surface area (Å²) in [4.78, 5) is 23.6. The highest BCUT2D eigenvalue weighted by Gasteiger charge is 2.34. The SMILES string of the molecule is O=C(O)CN(C(=O)Nc1cc(F)ccc1F)C1CC1. The first-order valence-corrected chi connectivity index (χ1v) is 5.72. The number of nitrogens with zero attached hydrogens (tertiary/aromatic N) is 1. The van der Waals surface area contributed by atoms with Crippen molar-refractivity contribution in [2.24, 2.45) is 0 Å². The highest BCUT2D eigenvalue weighted by atomic mass is 19.1. The number of aliphatic carboxylic acids is 1. The van der Waals surface area contributed by atoms with Crippen LogP contribution in [0.2, 0.25) is 0 Å². The van der Waals surface area contributed by atoms with E-state index in [-0.39, 0.29) is 11.7 Å². The van der Waals surface area contributed by atoms with Crippen LogP contribution in [-0.2, 0) is 4.79 Å². The fraction of sp³-hybridized carbons (Fsp3) is 0.333. The molecule has 1 aliphatic rings. The number of rotatable bonds is 4. The number of amides is 2. The van der Waals surface area contributed by atoms with Crippen LogP contribution in [0.15, 0.2) is 18.2 Å². The van der Waals surface area contributed by atoms with Gasteiger partial charge in [-0.05, 0) is 25.0 Å². The van der Waals surface area contributed by atoms with Crippen LogP contribution in [-0.4, -0.2) is 34.6 Å². The summed E-state index contributed by atoms with van der Waals surface area (Å²) in [5, 5.41) is 10.9. The van der Waals surface area contributed by atoms with Crippen molar-refractivity contribution in [3.63, 3.8) is 0 Å². The Kier molecular flexibility index (Phi) is 3.64. The van der Waals surface area contributed by atoms with Gasteiger partial charge in [-0.2, -0.15) is 0 Å². The van der Waals surface area contributed by atoms with Crippen molar-refractivity contribution >= 4 is 17.7 Å². The topological polar surface area (TPSA) is 69.6 Å². The minimum absolute atomic E-state index is 0.146. The molecule has 1 saturated carbocycles. The molecule has 0 saturated heterocycles. The Balaban J connectivity index is 2.10. The molecule has 19 heavy (non-hydrogen) atoms.